The monoisotopic (exact) mass is 480 g/mol. The number of nitrogens with zero attached hydrogens (tertiary/aromatic N) is 3. The summed E-state index contributed by atoms with van der Waals surface area (Å²) < 4.78 is 38.1. The van der Waals surface area contributed by atoms with Crippen molar-refractivity contribution in [2.24, 2.45) is 5.10 Å². The molecule has 0 saturated carbocycles. The second kappa shape index (κ2) is 11.6. The highest BCUT2D eigenvalue weighted by molar-refractivity contribution is 7.92. The highest BCUT2D eigenvalue weighted by Crippen LogP contribution is 2.27. The topological polar surface area (TPSA) is 110 Å². The van der Waals surface area contributed by atoms with Gasteiger partial charge in [0.25, 0.3) is 15.9 Å². The molecule has 2 aromatic carbocycles. The van der Waals surface area contributed by atoms with E-state index in [1.54, 1.807) is 54.6 Å². The fourth-order valence-corrected chi connectivity index (χ4v) is 4.28. The van der Waals surface area contributed by atoms with Crippen molar-refractivity contribution in [3.8, 4) is 11.5 Å². The van der Waals surface area contributed by atoms with Gasteiger partial charge in [0.2, 0.25) is 0 Å². The fourth-order valence-electron chi connectivity index (χ4n) is 2.89. The molecule has 0 aliphatic heterocycles. The lowest BCUT2D eigenvalue weighted by molar-refractivity contribution is -0.119. The Morgan fingerprint density at radius 3 is 2.56 bits per heavy atom. The van der Waals surface area contributed by atoms with Gasteiger partial charge in [-0.15, -0.1) is 0 Å². The molecule has 1 aromatic heterocycles. The second-order valence-electron chi connectivity index (χ2n) is 6.82. The Balaban J connectivity index is 1.74. The van der Waals surface area contributed by atoms with Crippen LogP contribution in [-0.2, 0) is 14.8 Å². The molecule has 0 atom stereocenters. The van der Waals surface area contributed by atoms with Crippen LogP contribution in [0.25, 0.3) is 0 Å². The van der Waals surface area contributed by atoms with Gasteiger partial charge in [-0.1, -0.05) is 36.9 Å². The number of benzene rings is 2. The van der Waals surface area contributed by atoms with Gasteiger partial charge < -0.3 is 9.47 Å². The van der Waals surface area contributed by atoms with Gasteiger partial charge in [-0.3, -0.25) is 4.79 Å². The molecule has 0 spiro atoms. The smallest absolute Gasteiger partial charge is 0.265 e. The Morgan fingerprint density at radius 2 is 1.88 bits per heavy atom. The van der Waals surface area contributed by atoms with Gasteiger partial charge in [0.05, 0.1) is 18.2 Å². The van der Waals surface area contributed by atoms with E-state index in [9.17, 15) is 13.2 Å². The number of methoxy groups -OCH3 is 1. The maximum atomic E-state index is 13.2. The van der Waals surface area contributed by atoms with Gasteiger partial charge in [-0.25, -0.2) is 23.1 Å². The van der Waals surface area contributed by atoms with E-state index in [2.05, 4.69) is 22.1 Å². The summed E-state index contributed by atoms with van der Waals surface area (Å²) >= 11 is 0. The van der Waals surface area contributed by atoms with Crippen LogP contribution in [0.2, 0.25) is 0 Å². The number of ether oxygens (including phenoxy) is 2. The van der Waals surface area contributed by atoms with Crippen LogP contribution in [0, 0.1) is 0 Å². The summed E-state index contributed by atoms with van der Waals surface area (Å²) in [5.41, 5.74) is 2.99. The predicted molar refractivity (Wildman–Crippen MR) is 130 cm³/mol. The Bertz CT molecular complexity index is 1250. The van der Waals surface area contributed by atoms with E-state index in [0.717, 1.165) is 4.31 Å². The van der Waals surface area contributed by atoms with Crippen LogP contribution < -0.4 is 19.2 Å². The number of aromatic nitrogens is 1. The first-order valence-corrected chi connectivity index (χ1v) is 11.6. The lowest BCUT2D eigenvalue weighted by Gasteiger charge is -2.22. The van der Waals surface area contributed by atoms with Gasteiger partial charge in [0.15, 0.2) is 11.5 Å². The van der Waals surface area contributed by atoms with Crippen molar-refractivity contribution in [2.45, 2.75) is 4.90 Å². The minimum atomic E-state index is -4.03. The van der Waals surface area contributed by atoms with E-state index in [-0.39, 0.29) is 10.7 Å². The Hall–Kier alpha value is -4.18. The Morgan fingerprint density at radius 1 is 1.12 bits per heavy atom. The summed E-state index contributed by atoms with van der Waals surface area (Å²) in [4.78, 5) is 16.7. The number of nitrogens with one attached hydrogen (secondary N) is 1. The molecule has 10 heteroatoms. The molecule has 9 nitrogen and oxygen atoms in total. The first kappa shape index (κ1) is 24.5. The third-order valence-electron chi connectivity index (χ3n) is 4.47. The molecular formula is C24H24N4O5S. The Labute approximate surface area is 198 Å². The quantitative estimate of drug-likeness (QED) is 0.257. The molecule has 176 valence electrons. The van der Waals surface area contributed by atoms with E-state index in [4.69, 9.17) is 9.47 Å². The van der Waals surface area contributed by atoms with E-state index in [0.29, 0.717) is 23.7 Å². The van der Waals surface area contributed by atoms with E-state index in [1.807, 2.05) is 0 Å². The lowest BCUT2D eigenvalue weighted by Crippen LogP contribution is -2.40. The normalized spacial score (nSPS) is 11.1. The Kier molecular flexibility index (Phi) is 8.36. The minimum absolute atomic E-state index is 0.0443. The van der Waals surface area contributed by atoms with Gasteiger partial charge in [-0.2, -0.15) is 5.10 Å². The molecule has 0 aliphatic carbocycles. The van der Waals surface area contributed by atoms with Crippen molar-refractivity contribution >= 4 is 28.0 Å². The molecule has 0 bridgehead atoms. The zero-order chi connectivity index (χ0) is 24.4. The average Bonchev–Trinajstić information content (AvgIpc) is 2.87. The maximum absolute atomic E-state index is 13.2. The second-order valence-corrected chi connectivity index (χ2v) is 8.68. The number of carbonyl (C=O) groups excluding carboxylic acids is 1. The molecule has 3 aromatic rings. The van der Waals surface area contributed by atoms with Crippen LogP contribution in [0.4, 0.5) is 5.82 Å². The predicted octanol–water partition coefficient (Wildman–Crippen LogP) is 3.00. The maximum Gasteiger partial charge on any atom is 0.265 e. The van der Waals surface area contributed by atoms with Gasteiger partial charge >= 0.3 is 0 Å². The summed E-state index contributed by atoms with van der Waals surface area (Å²) in [6, 6.07) is 17.8. The number of anilines is 1. The highest BCUT2D eigenvalue weighted by Gasteiger charge is 2.27. The minimum Gasteiger partial charge on any atom is -0.493 e. The molecule has 1 N–H and O–H groups in total. The number of hydrazone groups is 1. The standard InChI is InChI=1S/C24H24N4O5S/c1-3-15-33-21-13-12-19(16-22(21)32-2)17-26-27-24(29)18-28(23-11-7-8-14-25-23)34(30,31)20-9-5-4-6-10-20/h3-14,16-17H,1,15,18H2,2H3,(H,27,29)/b26-17-. The molecule has 0 radical (unpaired) electrons. The number of sulfonamides is 1. The number of hydrogen-bond acceptors (Lipinski definition) is 7. The first-order chi connectivity index (χ1) is 16.5. The van der Waals surface area contributed by atoms with Crippen LogP contribution in [0.1, 0.15) is 5.56 Å². The molecule has 0 aliphatic rings. The zero-order valence-electron chi connectivity index (χ0n) is 18.5. The van der Waals surface area contributed by atoms with Crippen LogP contribution in [-0.4, -0.2) is 45.8 Å². The number of amides is 1. The van der Waals surface area contributed by atoms with Crippen LogP contribution in [0.15, 0.2) is 95.6 Å². The van der Waals surface area contributed by atoms with Crippen molar-refractivity contribution in [1.82, 2.24) is 10.4 Å². The summed E-state index contributed by atoms with van der Waals surface area (Å²) in [6.07, 6.45) is 4.49. The van der Waals surface area contributed by atoms with E-state index in [1.165, 1.54) is 37.7 Å². The van der Waals surface area contributed by atoms with Crippen molar-refractivity contribution in [1.29, 1.82) is 0 Å². The molecule has 0 saturated heterocycles. The molecule has 0 fully saturated rings. The summed E-state index contributed by atoms with van der Waals surface area (Å²) in [7, 11) is -2.52. The largest absolute Gasteiger partial charge is 0.493 e. The molecular weight excluding hydrogens is 456 g/mol. The van der Waals surface area contributed by atoms with Crippen LogP contribution >= 0.6 is 0 Å². The van der Waals surface area contributed by atoms with Gasteiger partial charge in [-0.05, 0) is 48.0 Å². The highest BCUT2D eigenvalue weighted by atomic mass is 32.2. The van der Waals surface area contributed by atoms with Crippen LogP contribution in [0.3, 0.4) is 0 Å². The van der Waals surface area contributed by atoms with Gasteiger partial charge in [0.1, 0.15) is 19.0 Å². The third kappa shape index (κ3) is 6.20. The molecule has 1 heterocycles. The van der Waals surface area contributed by atoms with E-state index >= 15 is 0 Å². The molecule has 1 amide bonds. The third-order valence-corrected chi connectivity index (χ3v) is 6.23. The van der Waals surface area contributed by atoms with Crippen molar-refractivity contribution < 1.29 is 22.7 Å². The molecule has 34 heavy (non-hydrogen) atoms. The number of hydrogen-bond donors (Lipinski definition) is 1. The first-order valence-electron chi connectivity index (χ1n) is 10.2. The number of rotatable bonds is 11. The van der Waals surface area contributed by atoms with Crippen molar-refractivity contribution in [2.75, 3.05) is 24.6 Å². The van der Waals surface area contributed by atoms with E-state index < -0.39 is 22.5 Å². The summed E-state index contributed by atoms with van der Waals surface area (Å²) in [5.74, 6) is 0.512. The lowest BCUT2D eigenvalue weighted by atomic mass is 10.2. The summed E-state index contributed by atoms with van der Waals surface area (Å²) in [5, 5.41) is 3.93. The van der Waals surface area contributed by atoms with Crippen molar-refractivity contribution in [3.05, 3.63) is 91.1 Å². The summed E-state index contributed by atoms with van der Waals surface area (Å²) in [6.45, 7) is 3.43. The van der Waals surface area contributed by atoms with Gasteiger partial charge in [0, 0.05) is 6.20 Å². The van der Waals surface area contributed by atoms with Crippen LogP contribution in [0.5, 0.6) is 11.5 Å². The van der Waals surface area contributed by atoms with Crippen molar-refractivity contribution in [3.63, 3.8) is 0 Å². The fraction of sp³-hybridized carbons (Fsp3) is 0.125. The number of carbonyl (C=O) groups is 1. The zero-order valence-corrected chi connectivity index (χ0v) is 19.3. The number of pyridine rings is 1. The SMILES string of the molecule is C=CCOc1ccc(/C=N\NC(=O)CN(c2ccccn2)S(=O)(=O)c2ccccc2)cc1OC. The average molecular weight is 481 g/mol. The molecule has 3 rings (SSSR count). The molecule has 0 unspecified atom stereocenters.